The normalized spacial score (nSPS) is 10.2. The second-order valence-electron chi connectivity index (χ2n) is 7.31. The number of nitrogens with one attached hydrogen (secondary N) is 2. The van der Waals surface area contributed by atoms with Crippen molar-refractivity contribution in [3.8, 4) is 0 Å². The maximum atomic E-state index is 12.1. The molecule has 0 saturated carbocycles. The van der Waals surface area contributed by atoms with E-state index in [2.05, 4.69) is 10.6 Å². The van der Waals surface area contributed by atoms with Crippen LogP contribution >= 0.6 is 0 Å². The van der Waals surface area contributed by atoms with Crippen LogP contribution in [0.2, 0.25) is 0 Å². The Hall–Kier alpha value is -3.68. The Balaban J connectivity index is 1.72. The highest BCUT2D eigenvalue weighted by Crippen LogP contribution is 2.10. The van der Waals surface area contributed by atoms with Crippen LogP contribution in [-0.4, -0.2) is 55.3 Å². The summed E-state index contributed by atoms with van der Waals surface area (Å²) >= 11 is 0. The maximum Gasteiger partial charge on any atom is 0.325 e. The van der Waals surface area contributed by atoms with E-state index in [0.717, 1.165) is 21.6 Å². The fourth-order valence-corrected chi connectivity index (χ4v) is 2.58. The van der Waals surface area contributed by atoms with Crippen LogP contribution in [0.15, 0.2) is 42.5 Å². The number of hydrogen-bond acceptors (Lipinski definition) is 5. The molecule has 0 aliphatic rings. The number of likely N-dealkylation sites (N-methyl/N-ethyl adjacent to an activating group) is 1. The predicted octanol–water partition coefficient (Wildman–Crippen LogP) is 1.98. The molecule has 2 N–H and O–H groups in total. The van der Waals surface area contributed by atoms with Crippen molar-refractivity contribution in [1.29, 1.82) is 0 Å². The zero-order chi connectivity index (χ0) is 23.0. The number of ether oxygens (including phenoxy) is 1. The van der Waals surface area contributed by atoms with Crippen molar-refractivity contribution in [2.24, 2.45) is 0 Å². The first-order valence-electron chi connectivity index (χ1n) is 9.77. The third kappa shape index (κ3) is 7.58. The second-order valence-corrected chi connectivity index (χ2v) is 7.31. The van der Waals surface area contributed by atoms with Crippen LogP contribution in [-0.2, 0) is 19.1 Å². The molecule has 8 heteroatoms. The smallest absolute Gasteiger partial charge is 0.325 e. The van der Waals surface area contributed by atoms with Crippen molar-refractivity contribution >= 4 is 29.4 Å². The lowest BCUT2D eigenvalue weighted by atomic mass is 10.1. The summed E-state index contributed by atoms with van der Waals surface area (Å²) in [5, 5.41) is 5.15. The van der Waals surface area contributed by atoms with E-state index in [1.165, 1.54) is 7.05 Å². The second kappa shape index (κ2) is 10.9. The molecule has 164 valence electrons. The number of esters is 1. The summed E-state index contributed by atoms with van der Waals surface area (Å²) in [6.45, 7) is 4.70. The first-order chi connectivity index (χ1) is 14.7. The van der Waals surface area contributed by atoms with Gasteiger partial charge < -0.3 is 20.3 Å². The lowest BCUT2D eigenvalue weighted by molar-refractivity contribution is -0.150. The average molecular weight is 425 g/mol. The van der Waals surface area contributed by atoms with Gasteiger partial charge in [0.2, 0.25) is 5.91 Å². The van der Waals surface area contributed by atoms with Gasteiger partial charge in [-0.1, -0.05) is 23.8 Å². The monoisotopic (exact) mass is 425 g/mol. The van der Waals surface area contributed by atoms with Crippen molar-refractivity contribution in [2.75, 3.05) is 32.1 Å². The van der Waals surface area contributed by atoms with Crippen molar-refractivity contribution in [3.63, 3.8) is 0 Å². The molecule has 0 aliphatic heterocycles. The molecule has 0 unspecified atom stereocenters. The summed E-state index contributed by atoms with van der Waals surface area (Å²) in [5.41, 5.74) is 4.16. The molecular weight excluding hydrogens is 398 g/mol. The quantitative estimate of drug-likeness (QED) is 0.630. The zero-order valence-corrected chi connectivity index (χ0v) is 18.2. The van der Waals surface area contributed by atoms with Gasteiger partial charge in [-0.05, 0) is 56.2 Å². The third-order valence-electron chi connectivity index (χ3n) is 4.66. The van der Waals surface area contributed by atoms with Gasteiger partial charge in [0.25, 0.3) is 11.8 Å². The Morgan fingerprint density at radius 1 is 0.935 bits per heavy atom. The van der Waals surface area contributed by atoms with Crippen LogP contribution in [0.3, 0.4) is 0 Å². The van der Waals surface area contributed by atoms with Crippen molar-refractivity contribution < 1.29 is 23.9 Å². The van der Waals surface area contributed by atoms with Crippen LogP contribution in [0, 0.1) is 20.8 Å². The number of anilines is 1. The summed E-state index contributed by atoms with van der Waals surface area (Å²) in [6, 6.07) is 12.5. The molecule has 0 heterocycles. The standard InChI is InChI=1S/C23H27N3O5/c1-15-5-9-19(10-6-15)25-20(27)13-26(4)21(28)14-31-22(29)12-24-23(30)18-8-7-16(2)17(3)11-18/h5-11H,12-14H2,1-4H3,(H,24,30)(H,25,27). The van der Waals surface area contributed by atoms with Gasteiger partial charge in [-0.3, -0.25) is 19.2 Å². The summed E-state index contributed by atoms with van der Waals surface area (Å²) < 4.78 is 4.89. The van der Waals surface area contributed by atoms with E-state index >= 15 is 0 Å². The van der Waals surface area contributed by atoms with E-state index in [-0.39, 0.29) is 19.0 Å². The molecule has 0 bridgehead atoms. The summed E-state index contributed by atoms with van der Waals surface area (Å²) in [6.07, 6.45) is 0. The Labute approximate surface area is 181 Å². The molecule has 0 fully saturated rings. The number of carbonyl (C=O) groups is 4. The average Bonchev–Trinajstić information content (AvgIpc) is 2.73. The summed E-state index contributed by atoms with van der Waals surface area (Å²) in [7, 11) is 1.44. The van der Waals surface area contributed by atoms with Gasteiger partial charge >= 0.3 is 5.97 Å². The first-order valence-corrected chi connectivity index (χ1v) is 9.77. The van der Waals surface area contributed by atoms with Gasteiger partial charge in [-0.15, -0.1) is 0 Å². The lowest BCUT2D eigenvalue weighted by Crippen LogP contribution is -2.38. The topological polar surface area (TPSA) is 105 Å². The first kappa shape index (κ1) is 23.6. The number of rotatable bonds is 8. The van der Waals surface area contributed by atoms with Gasteiger partial charge in [0.05, 0.1) is 6.54 Å². The van der Waals surface area contributed by atoms with Gasteiger partial charge in [-0.25, -0.2) is 0 Å². The highest BCUT2D eigenvalue weighted by molar-refractivity contribution is 5.96. The van der Waals surface area contributed by atoms with E-state index in [9.17, 15) is 19.2 Å². The van der Waals surface area contributed by atoms with Crippen LogP contribution in [0.1, 0.15) is 27.0 Å². The highest BCUT2D eigenvalue weighted by atomic mass is 16.5. The Kier molecular flexibility index (Phi) is 8.31. The molecule has 31 heavy (non-hydrogen) atoms. The minimum absolute atomic E-state index is 0.187. The zero-order valence-electron chi connectivity index (χ0n) is 18.2. The number of nitrogens with zero attached hydrogens (tertiary/aromatic N) is 1. The Morgan fingerprint density at radius 3 is 2.26 bits per heavy atom. The molecule has 0 aliphatic carbocycles. The molecule has 0 saturated heterocycles. The third-order valence-corrected chi connectivity index (χ3v) is 4.66. The van der Waals surface area contributed by atoms with E-state index in [0.29, 0.717) is 11.3 Å². The van der Waals surface area contributed by atoms with Crippen molar-refractivity contribution in [1.82, 2.24) is 10.2 Å². The fourth-order valence-electron chi connectivity index (χ4n) is 2.58. The molecule has 2 rings (SSSR count). The van der Waals surface area contributed by atoms with E-state index < -0.39 is 24.4 Å². The van der Waals surface area contributed by atoms with Crippen LogP contribution in [0.4, 0.5) is 5.69 Å². The van der Waals surface area contributed by atoms with Crippen LogP contribution < -0.4 is 10.6 Å². The largest absolute Gasteiger partial charge is 0.454 e. The number of benzene rings is 2. The molecule has 0 atom stereocenters. The number of amides is 3. The molecule has 8 nitrogen and oxygen atoms in total. The van der Waals surface area contributed by atoms with E-state index in [4.69, 9.17) is 4.74 Å². The molecule has 2 aromatic rings. The van der Waals surface area contributed by atoms with Crippen LogP contribution in [0.25, 0.3) is 0 Å². The highest BCUT2D eigenvalue weighted by Gasteiger charge is 2.16. The Morgan fingerprint density at radius 2 is 1.61 bits per heavy atom. The SMILES string of the molecule is Cc1ccc(NC(=O)CN(C)C(=O)COC(=O)CNC(=O)c2ccc(C)c(C)c2)cc1. The number of aryl methyl sites for hydroxylation is 3. The minimum atomic E-state index is -0.747. The summed E-state index contributed by atoms with van der Waals surface area (Å²) in [4.78, 5) is 49.2. The number of hydrogen-bond donors (Lipinski definition) is 2. The molecule has 0 aromatic heterocycles. The lowest BCUT2D eigenvalue weighted by Gasteiger charge is -2.17. The maximum absolute atomic E-state index is 12.1. The molecule has 0 radical (unpaired) electrons. The van der Waals surface area contributed by atoms with Gasteiger partial charge in [0.1, 0.15) is 6.54 Å². The molecule has 2 aromatic carbocycles. The number of carbonyl (C=O) groups excluding carboxylic acids is 4. The predicted molar refractivity (Wildman–Crippen MR) is 117 cm³/mol. The molecule has 3 amide bonds. The summed E-state index contributed by atoms with van der Waals surface area (Å²) in [5.74, 6) is -2.06. The van der Waals surface area contributed by atoms with E-state index in [1.54, 1.807) is 24.3 Å². The molecular formula is C23H27N3O5. The van der Waals surface area contributed by atoms with Gasteiger partial charge in [0.15, 0.2) is 6.61 Å². The van der Waals surface area contributed by atoms with Crippen molar-refractivity contribution in [2.45, 2.75) is 20.8 Å². The minimum Gasteiger partial charge on any atom is -0.454 e. The van der Waals surface area contributed by atoms with E-state index in [1.807, 2.05) is 39.0 Å². The fraction of sp³-hybridized carbons (Fsp3) is 0.304. The molecule has 0 spiro atoms. The van der Waals surface area contributed by atoms with Gasteiger partial charge in [0, 0.05) is 18.3 Å². The Bertz CT molecular complexity index is 970. The van der Waals surface area contributed by atoms with Crippen LogP contribution in [0.5, 0.6) is 0 Å². The van der Waals surface area contributed by atoms with Gasteiger partial charge in [-0.2, -0.15) is 0 Å². The van der Waals surface area contributed by atoms with Crippen molar-refractivity contribution in [3.05, 3.63) is 64.7 Å².